The number of hydrogen-bond donors (Lipinski definition) is 2. The predicted molar refractivity (Wildman–Crippen MR) is 126 cm³/mol. The molecule has 1 saturated carbocycles. The van der Waals surface area contributed by atoms with E-state index in [1.165, 1.54) is 6.20 Å². The maximum absolute atomic E-state index is 13.0. The number of pyridine rings is 1. The number of fused-ring (bicyclic) bond motifs is 1. The third kappa shape index (κ3) is 5.94. The molecular weight excluding hydrogens is 491 g/mol. The van der Waals surface area contributed by atoms with Gasteiger partial charge in [0.25, 0.3) is 11.7 Å². The molecule has 0 radical (unpaired) electrons. The van der Waals surface area contributed by atoms with Gasteiger partial charge in [-0.15, -0.1) is 0 Å². The van der Waals surface area contributed by atoms with Crippen LogP contribution in [0.1, 0.15) is 53.5 Å². The van der Waals surface area contributed by atoms with E-state index in [4.69, 9.17) is 9.15 Å². The number of Topliss-reactive ketones (excluding diaryl/α,β-unsaturated/α-hetero) is 1. The first-order valence-electron chi connectivity index (χ1n) is 12.2. The Labute approximate surface area is 210 Å². The number of amides is 1. The highest BCUT2D eigenvalue weighted by Crippen LogP contribution is 2.32. The zero-order valence-electron chi connectivity index (χ0n) is 19.8. The zero-order chi connectivity index (χ0) is 26.2. The van der Waals surface area contributed by atoms with Crippen molar-refractivity contribution in [1.29, 1.82) is 0 Å². The Morgan fingerprint density at radius 3 is 2.57 bits per heavy atom. The topological polar surface area (TPSA) is 105 Å². The number of aliphatic hydroxyl groups is 1. The number of aliphatic hydroxyl groups excluding tert-OH is 1. The third-order valence-corrected chi connectivity index (χ3v) is 6.54. The summed E-state index contributed by atoms with van der Waals surface area (Å²) in [5.41, 5.74) is -0.388. The molecule has 1 aliphatic heterocycles. The van der Waals surface area contributed by atoms with Gasteiger partial charge in [-0.1, -0.05) is 0 Å². The van der Waals surface area contributed by atoms with Crippen LogP contribution in [0.25, 0.3) is 11.0 Å². The fourth-order valence-corrected chi connectivity index (χ4v) is 4.37. The van der Waals surface area contributed by atoms with Crippen LogP contribution in [0.3, 0.4) is 0 Å². The van der Waals surface area contributed by atoms with Crippen LogP contribution in [-0.4, -0.2) is 58.5 Å². The molecule has 196 valence electrons. The summed E-state index contributed by atoms with van der Waals surface area (Å²) in [6.45, 7) is 1.89. The average Bonchev–Trinajstić information content (AvgIpc) is 3.35. The lowest BCUT2D eigenvalue weighted by atomic mass is 10.0. The van der Waals surface area contributed by atoms with Gasteiger partial charge in [-0.05, 0) is 69.1 Å². The molecular formula is C26H26F3N3O5. The van der Waals surface area contributed by atoms with Gasteiger partial charge in [0.05, 0.1) is 11.6 Å². The van der Waals surface area contributed by atoms with Crippen molar-refractivity contribution in [2.75, 3.05) is 19.6 Å². The van der Waals surface area contributed by atoms with Gasteiger partial charge in [0, 0.05) is 29.8 Å². The van der Waals surface area contributed by atoms with Gasteiger partial charge in [-0.3, -0.25) is 9.59 Å². The molecule has 2 fully saturated rings. The number of carbonyl (C=O) groups is 2. The lowest BCUT2D eigenvalue weighted by Crippen LogP contribution is -2.48. The van der Waals surface area contributed by atoms with Crippen molar-refractivity contribution in [3.8, 4) is 5.88 Å². The molecule has 2 N–H and O–H groups in total. The van der Waals surface area contributed by atoms with Crippen LogP contribution in [0.4, 0.5) is 13.2 Å². The first-order chi connectivity index (χ1) is 17.7. The summed E-state index contributed by atoms with van der Waals surface area (Å²) < 4.78 is 50.0. The Hall–Kier alpha value is -3.44. The van der Waals surface area contributed by atoms with Gasteiger partial charge in [0.2, 0.25) is 5.88 Å². The molecule has 0 unspecified atom stereocenters. The van der Waals surface area contributed by atoms with E-state index >= 15 is 0 Å². The van der Waals surface area contributed by atoms with Crippen molar-refractivity contribution in [3.63, 3.8) is 0 Å². The van der Waals surface area contributed by atoms with Crippen molar-refractivity contribution in [2.24, 2.45) is 0 Å². The summed E-state index contributed by atoms with van der Waals surface area (Å²) in [6, 6.07) is 6.40. The van der Waals surface area contributed by atoms with E-state index in [1.807, 2.05) is 0 Å². The minimum absolute atomic E-state index is 0.0531. The van der Waals surface area contributed by atoms with Crippen molar-refractivity contribution < 1.29 is 37.0 Å². The van der Waals surface area contributed by atoms with Gasteiger partial charge >= 0.3 is 6.18 Å². The van der Waals surface area contributed by atoms with Gasteiger partial charge < -0.3 is 24.5 Å². The van der Waals surface area contributed by atoms with Gasteiger partial charge in [0.15, 0.2) is 5.76 Å². The second kappa shape index (κ2) is 10.1. The van der Waals surface area contributed by atoms with Crippen LogP contribution in [-0.2, 0) is 11.0 Å². The number of likely N-dealkylation sites (tertiary alicyclic amines) is 1. The Morgan fingerprint density at radius 2 is 1.92 bits per heavy atom. The van der Waals surface area contributed by atoms with E-state index in [9.17, 15) is 27.9 Å². The largest absolute Gasteiger partial charge is 0.474 e. The highest BCUT2D eigenvalue weighted by atomic mass is 19.4. The number of ether oxygens (including phenoxy) is 1. The molecule has 1 amide bonds. The minimum atomic E-state index is -4.55. The maximum atomic E-state index is 13.0. The minimum Gasteiger partial charge on any atom is -0.474 e. The molecule has 3 heterocycles. The lowest BCUT2D eigenvalue weighted by Gasteiger charge is -2.28. The molecule has 8 nitrogen and oxygen atoms in total. The Morgan fingerprint density at radius 1 is 1.16 bits per heavy atom. The van der Waals surface area contributed by atoms with Crippen molar-refractivity contribution >= 4 is 22.7 Å². The number of carbonyl (C=O) groups excluding carboxylic acids is 2. The molecule has 11 heteroatoms. The van der Waals surface area contributed by atoms with Gasteiger partial charge in [-0.2, -0.15) is 13.2 Å². The van der Waals surface area contributed by atoms with E-state index in [2.05, 4.69) is 15.2 Å². The standard InChI is InChI=1S/C26H26F3N3O5/c27-26(28,29)17-4-7-20-16(11-17)12-21(37-20)24(34)25(35)31-19(14-32-9-1-2-10-32)23(33)15-3-8-22(30-13-15)36-18-5-6-18/h3-4,7-8,11-13,18-19,23,33H,1-2,5-6,9-10,14H2,(H,31,35)/t19-,23-/m1/s1. The van der Waals surface area contributed by atoms with E-state index in [0.717, 1.165) is 63.0 Å². The predicted octanol–water partition coefficient (Wildman–Crippen LogP) is 3.88. The molecule has 1 aliphatic carbocycles. The number of hydrogen-bond acceptors (Lipinski definition) is 7. The van der Waals surface area contributed by atoms with E-state index in [1.54, 1.807) is 12.1 Å². The normalized spacial score (nSPS) is 18.1. The Balaban J connectivity index is 1.32. The first-order valence-corrected chi connectivity index (χ1v) is 12.2. The molecule has 5 rings (SSSR count). The molecule has 0 bridgehead atoms. The number of rotatable bonds is 9. The first kappa shape index (κ1) is 25.2. The van der Waals surface area contributed by atoms with Crippen molar-refractivity contribution in [3.05, 3.63) is 59.5 Å². The summed E-state index contributed by atoms with van der Waals surface area (Å²) in [5.74, 6) is -2.01. The monoisotopic (exact) mass is 517 g/mol. The fraction of sp³-hybridized carbons (Fsp3) is 0.423. The summed E-state index contributed by atoms with van der Waals surface area (Å²) in [5, 5.41) is 13.7. The summed E-state index contributed by atoms with van der Waals surface area (Å²) in [7, 11) is 0. The van der Waals surface area contributed by atoms with Crippen LogP contribution in [0.2, 0.25) is 0 Å². The molecule has 0 spiro atoms. The van der Waals surface area contributed by atoms with E-state index in [-0.39, 0.29) is 22.8 Å². The number of aromatic nitrogens is 1. The second-order valence-electron chi connectivity index (χ2n) is 9.47. The fourth-order valence-electron chi connectivity index (χ4n) is 4.37. The van der Waals surface area contributed by atoms with Crippen LogP contribution < -0.4 is 10.1 Å². The van der Waals surface area contributed by atoms with Crippen molar-refractivity contribution in [2.45, 2.75) is 50.1 Å². The average molecular weight is 518 g/mol. The number of ketones is 1. The number of halogens is 3. The molecule has 2 aromatic heterocycles. The van der Waals surface area contributed by atoms with Crippen LogP contribution >= 0.6 is 0 Å². The van der Waals surface area contributed by atoms with E-state index < -0.39 is 35.6 Å². The Kier molecular flexibility index (Phi) is 6.91. The highest BCUT2D eigenvalue weighted by Gasteiger charge is 2.33. The van der Waals surface area contributed by atoms with Crippen molar-refractivity contribution in [1.82, 2.24) is 15.2 Å². The number of furan rings is 1. The quantitative estimate of drug-likeness (QED) is 0.328. The third-order valence-electron chi connectivity index (χ3n) is 6.54. The van der Waals surface area contributed by atoms with Crippen LogP contribution in [0.5, 0.6) is 5.88 Å². The lowest BCUT2D eigenvalue weighted by molar-refractivity contribution is -0.137. The number of nitrogens with zero attached hydrogens (tertiary/aromatic N) is 2. The van der Waals surface area contributed by atoms with Gasteiger partial charge in [-0.25, -0.2) is 4.98 Å². The summed E-state index contributed by atoms with van der Waals surface area (Å²) in [6.07, 6.45) is -0.113. The zero-order valence-corrected chi connectivity index (χ0v) is 19.8. The molecule has 2 aliphatic rings. The molecule has 37 heavy (non-hydrogen) atoms. The van der Waals surface area contributed by atoms with Gasteiger partial charge in [0.1, 0.15) is 17.8 Å². The highest BCUT2D eigenvalue weighted by molar-refractivity contribution is 6.42. The number of benzene rings is 1. The van der Waals surface area contributed by atoms with Crippen LogP contribution in [0.15, 0.2) is 47.0 Å². The molecule has 3 aromatic rings. The summed E-state index contributed by atoms with van der Waals surface area (Å²) >= 11 is 0. The Bertz CT molecular complexity index is 1280. The molecule has 1 aromatic carbocycles. The maximum Gasteiger partial charge on any atom is 0.416 e. The number of alkyl halides is 3. The molecule has 2 atom stereocenters. The SMILES string of the molecule is O=C(N[C@H](CN1CCCC1)[C@H](O)c1ccc(OC2CC2)nc1)C(=O)c1cc2cc(C(F)(F)F)ccc2o1. The van der Waals surface area contributed by atoms with E-state index in [0.29, 0.717) is 18.0 Å². The number of nitrogens with one attached hydrogen (secondary N) is 1. The smallest absolute Gasteiger partial charge is 0.416 e. The second-order valence-corrected chi connectivity index (χ2v) is 9.47. The molecule has 1 saturated heterocycles. The van der Waals surface area contributed by atoms with Crippen LogP contribution in [0, 0.1) is 0 Å². The summed E-state index contributed by atoms with van der Waals surface area (Å²) in [4.78, 5) is 32.0.